The lowest BCUT2D eigenvalue weighted by Gasteiger charge is -2.23. The molecule has 0 bridgehead atoms. The first-order chi connectivity index (χ1) is 12.5. The molecule has 1 fully saturated rings. The van der Waals surface area contributed by atoms with Crippen molar-refractivity contribution in [3.63, 3.8) is 0 Å². The van der Waals surface area contributed by atoms with E-state index in [1.807, 2.05) is 59.5 Å². The molecule has 0 radical (unpaired) electrons. The quantitative estimate of drug-likeness (QED) is 0.860. The van der Waals surface area contributed by atoms with E-state index in [1.54, 1.807) is 0 Å². The van der Waals surface area contributed by atoms with Crippen LogP contribution in [0.3, 0.4) is 0 Å². The van der Waals surface area contributed by atoms with Gasteiger partial charge in [0.25, 0.3) is 0 Å². The summed E-state index contributed by atoms with van der Waals surface area (Å²) in [6.45, 7) is 5.01. The van der Waals surface area contributed by atoms with Crippen molar-refractivity contribution >= 4 is 17.5 Å². The van der Waals surface area contributed by atoms with Crippen LogP contribution >= 0.6 is 0 Å². The van der Waals surface area contributed by atoms with Crippen LogP contribution < -0.4 is 10.2 Å². The summed E-state index contributed by atoms with van der Waals surface area (Å²) in [6.07, 6.45) is 1.88. The van der Waals surface area contributed by atoms with Gasteiger partial charge in [-0.1, -0.05) is 56.3 Å². The number of nitrogens with zero attached hydrogens (tertiary/aromatic N) is 1. The van der Waals surface area contributed by atoms with E-state index >= 15 is 0 Å². The highest BCUT2D eigenvalue weighted by atomic mass is 16.2. The lowest BCUT2D eigenvalue weighted by molar-refractivity contribution is -0.121. The lowest BCUT2D eigenvalue weighted by Crippen LogP contribution is -2.32. The van der Waals surface area contributed by atoms with Gasteiger partial charge in [0.2, 0.25) is 11.8 Å². The Kier molecular flexibility index (Phi) is 5.71. The number of benzene rings is 2. The van der Waals surface area contributed by atoms with Crippen LogP contribution in [0.15, 0.2) is 54.6 Å². The van der Waals surface area contributed by atoms with Crippen LogP contribution in [0, 0.1) is 5.92 Å². The molecular weight excluding hydrogens is 324 g/mol. The fourth-order valence-electron chi connectivity index (χ4n) is 3.42. The van der Waals surface area contributed by atoms with E-state index in [1.165, 1.54) is 0 Å². The van der Waals surface area contributed by atoms with Gasteiger partial charge in [-0.15, -0.1) is 0 Å². The monoisotopic (exact) mass is 350 g/mol. The summed E-state index contributed by atoms with van der Waals surface area (Å²) < 4.78 is 0. The Morgan fingerprint density at radius 1 is 1.08 bits per heavy atom. The Hall–Kier alpha value is -2.62. The van der Waals surface area contributed by atoms with Gasteiger partial charge >= 0.3 is 0 Å². The Morgan fingerprint density at radius 3 is 2.35 bits per heavy atom. The second kappa shape index (κ2) is 8.17. The van der Waals surface area contributed by atoms with Crippen LogP contribution in [-0.2, 0) is 16.0 Å². The third kappa shape index (κ3) is 4.31. The van der Waals surface area contributed by atoms with Gasteiger partial charge in [0.05, 0.1) is 12.5 Å². The largest absolute Gasteiger partial charge is 0.349 e. The molecule has 2 aromatic rings. The normalized spacial score (nSPS) is 15.3. The highest BCUT2D eigenvalue weighted by Gasteiger charge is 2.22. The fourth-order valence-corrected chi connectivity index (χ4v) is 3.42. The van der Waals surface area contributed by atoms with Gasteiger partial charge in [0.15, 0.2) is 0 Å². The number of carbonyl (C=O) groups is 2. The van der Waals surface area contributed by atoms with Crippen molar-refractivity contribution in [2.75, 3.05) is 11.4 Å². The van der Waals surface area contributed by atoms with Crippen molar-refractivity contribution in [2.45, 2.75) is 39.2 Å². The number of anilines is 1. The van der Waals surface area contributed by atoms with Crippen LogP contribution in [0.1, 0.15) is 43.9 Å². The number of carbonyl (C=O) groups excluding carboxylic acids is 2. The molecule has 1 unspecified atom stereocenters. The van der Waals surface area contributed by atoms with Gasteiger partial charge in [-0.2, -0.15) is 0 Å². The predicted octanol–water partition coefficient (Wildman–Crippen LogP) is 3.87. The molecule has 0 aromatic heterocycles. The molecule has 1 aliphatic heterocycles. The van der Waals surface area contributed by atoms with Crippen molar-refractivity contribution in [3.8, 4) is 0 Å². The van der Waals surface area contributed by atoms with Crippen molar-refractivity contribution < 1.29 is 9.59 Å². The SMILES string of the molecule is CC(C)C(NC(=O)Cc1ccc(N2CCCC2=O)cc1)c1ccccc1. The summed E-state index contributed by atoms with van der Waals surface area (Å²) in [4.78, 5) is 26.2. The summed E-state index contributed by atoms with van der Waals surface area (Å²) in [5.41, 5.74) is 2.99. The maximum Gasteiger partial charge on any atom is 0.227 e. The zero-order valence-corrected chi connectivity index (χ0v) is 15.4. The van der Waals surface area contributed by atoms with Crippen molar-refractivity contribution in [1.29, 1.82) is 0 Å². The Balaban J connectivity index is 1.63. The van der Waals surface area contributed by atoms with Gasteiger partial charge in [0.1, 0.15) is 0 Å². The number of rotatable bonds is 6. The Labute approximate surface area is 155 Å². The molecule has 1 N–H and O–H groups in total. The van der Waals surface area contributed by atoms with Crippen molar-refractivity contribution in [1.82, 2.24) is 5.32 Å². The summed E-state index contributed by atoms with van der Waals surface area (Å²) in [6, 6.07) is 17.8. The standard InChI is InChI=1S/C22H26N2O2/c1-16(2)22(18-7-4-3-5-8-18)23-20(25)15-17-10-12-19(13-11-17)24-14-6-9-21(24)26/h3-5,7-8,10-13,16,22H,6,9,14-15H2,1-2H3,(H,23,25). The third-order valence-electron chi connectivity index (χ3n) is 4.83. The molecule has 1 heterocycles. The summed E-state index contributed by atoms with van der Waals surface area (Å²) in [5.74, 6) is 0.501. The first-order valence-corrected chi connectivity index (χ1v) is 9.28. The van der Waals surface area contributed by atoms with E-state index in [0.29, 0.717) is 18.8 Å². The smallest absolute Gasteiger partial charge is 0.227 e. The molecule has 26 heavy (non-hydrogen) atoms. The lowest BCUT2D eigenvalue weighted by atomic mass is 9.95. The van der Waals surface area contributed by atoms with Crippen LogP contribution in [0.5, 0.6) is 0 Å². The second-order valence-corrected chi connectivity index (χ2v) is 7.19. The van der Waals surface area contributed by atoms with Gasteiger partial charge in [-0.3, -0.25) is 9.59 Å². The number of nitrogens with one attached hydrogen (secondary N) is 1. The van der Waals surface area contributed by atoms with Crippen LogP contribution in [-0.4, -0.2) is 18.4 Å². The van der Waals surface area contributed by atoms with Crippen LogP contribution in [0.2, 0.25) is 0 Å². The molecule has 2 aromatic carbocycles. The average Bonchev–Trinajstić information content (AvgIpc) is 3.07. The maximum absolute atomic E-state index is 12.5. The molecule has 0 saturated carbocycles. The second-order valence-electron chi connectivity index (χ2n) is 7.19. The van der Waals surface area contributed by atoms with Gasteiger partial charge in [-0.05, 0) is 35.6 Å². The highest BCUT2D eigenvalue weighted by Crippen LogP contribution is 2.23. The molecular formula is C22H26N2O2. The molecule has 1 atom stereocenters. The average molecular weight is 350 g/mol. The predicted molar refractivity (Wildman–Crippen MR) is 104 cm³/mol. The Bertz CT molecular complexity index is 753. The zero-order chi connectivity index (χ0) is 18.5. The van der Waals surface area contributed by atoms with E-state index in [0.717, 1.165) is 29.8 Å². The molecule has 1 aliphatic rings. The maximum atomic E-state index is 12.5. The van der Waals surface area contributed by atoms with E-state index in [2.05, 4.69) is 19.2 Å². The van der Waals surface area contributed by atoms with Crippen LogP contribution in [0.25, 0.3) is 0 Å². The van der Waals surface area contributed by atoms with Crippen LogP contribution in [0.4, 0.5) is 5.69 Å². The van der Waals surface area contributed by atoms with Gasteiger partial charge in [0, 0.05) is 18.7 Å². The van der Waals surface area contributed by atoms with E-state index in [9.17, 15) is 9.59 Å². The molecule has 2 amide bonds. The highest BCUT2D eigenvalue weighted by molar-refractivity contribution is 5.95. The zero-order valence-electron chi connectivity index (χ0n) is 15.4. The third-order valence-corrected chi connectivity index (χ3v) is 4.83. The minimum atomic E-state index is 0.00481. The van der Waals surface area contributed by atoms with Crippen molar-refractivity contribution in [3.05, 3.63) is 65.7 Å². The van der Waals surface area contributed by atoms with Crippen molar-refractivity contribution in [2.24, 2.45) is 5.92 Å². The van der Waals surface area contributed by atoms with E-state index in [4.69, 9.17) is 0 Å². The molecule has 136 valence electrons. The van der Waals surface area contributed by atoms with E-state index in [-0.39, 0.29) is 17.9 Å². The van der Waals surface area contributed by atoms with Gasteiger partial charge < -0.3 is 10.2 Å². The first-order valence-electron chi connectivity index (χ1n) is 9.28. The van der Waals surface area contributed by atoms with Gasteiger partial charge in [-0.25, -0.2) is 0 Å². The molecule has 3 rings (SSSR count). The fraction of sp³-hybridized carbons (Fsp3) is 0.364. The molecule has 4 nitrogen and oxygen atoms in total. The number of hydrogen-bond acceptors (Lipinski definition) is 2. The number of hydrogen-bond donors (Lipinski definition) is 1. The molecule has 0 spiro atoms. The molecule has 0 aliphatic carbocycles. The first kappa shape index (κ1) is 18.2. The number of amides is 2. The summed E-state index contributed by atoms with van der Waals surface area (Å²) in [7, 11) is 0. The topological polar surface area (TPSA) is 49.4 Å². The van der Waals surface area contributed by atoms with E-state index < -0.39 is 0 Å². The minimum Gasteiger partial charge on any atom is -0.349 e. The molecule has 1 saturated heterocycles. The Morgan fingerprint density at radius 2 is 1.77 bits per heavy atom. The summed E-state index contributed by atoms with van der Waals surface area (Å²) in [5, 5.41) is 3.15. The minimum absolute atomic E-state index is 0.00481. The summed E-state index contributed by atoms with van der Waals surface area (Å²) >= 11 is 0. The molecule has 4 heteroatoms.